The smallest absolute Gasteiger partial charge is 0.0328 e. The van der Waals surface area contributed by atoms with Gasteiger partial charge in [-0.05, 0) is 43.2 Å². The van der Waals surface area contributed by atoms with Gasteiger partial charge in [0.25, 0.3) is 0 Å². The van der Waals surface area contributed by atoms with Gasteiger partial charge in [-0.2, -0.15) is 0 Å². The molecule has 1 aromatic carbocycles. The van der Waals surface area contributed by atoms with Gasteiger partial charge in [-0.15, -0.1) is 0 Å². The Hall–Kier alpha value is -0.820. The first-order valence-electron chi connectivity index (χ1n) is 6.42. The third kappa shape index (κ3) is 2.15. The molecule has 1 aromatic rings. The predicted octanol–water partition coefficient (Wildman–Crippen LogP) is 3.74. The molecule has 1 saturated carbocycles. The Morgan fingerprint density at radius 1 is 1.25 bits per heavy atom. The van der Waals surface area contributed by atoms with Gasteiger partial charge in [0.05, 0.1) is 0 Å². The van der Waals surface area contributed by atoms with Gasteiger partial charge < -0.3 is 5.73 Å². The van der Waals surface area contributed by atoms with Crippen molar-refractivity contribution < 1.29 is 0 Å². The standard InChI is InChI=1S/C15H23N/c1-10-7-8-14(12(3)9-10)15(16)13-6-4-5-11(13)2/h7-9,11,13,15H,4-6,16H2,1-3H3. The summed E-state index contributed by atoms with van der Waals surface area (Å²) in [6, 6.07) is 6.88. The Bertz CT molecular complexity index is 370. The van der Waals surface area contributed by atoms with Crippen LogP contribution in [0.3, 0.4) is 0 Å². The third-order valence-electron chi connectivity index (χ3n) is 4.17. The largest absolute Gasteiger partial charge is 0.324 e. The molecule has 1 nitrogen and oxygen atoms in total. The maximum atomic E-state index is 6.44. The third-order valence-corrected chi connectivity index (χ3v) is 4.17. The maximum Gasteiger partial charge on any atom is 0.0328 e. The van der Waals surface area contributed by atoms with Gasteiger partial charge in [0, 0.05) is 6.04 Å². The van der Waals surface area contributed by atoms with Crippen molar-refractivity contribution in [1.29, 1.82) is 0 Å². The summed E-state index contributed by atoms with van der Waals surface area (Å²) < 4.78 is 0. The minimum atomic E-state index is 0.234. The van der Waals surface area contributed by atoms with Crippen LogP contribution in [0.4, 0.5) is 0 Å². The molecule has 0 aliphatic heterocycles. The lowest BCUT2D eigenvalue weighted by atomic mass is 9.84. The number of hydrogen-bond acceptors (Lipinski definition) is 1. The van der Waals surface area contributed by atoms with E-state index in [9.17, 15) is 0 Å². The summed E-state index contributed by atoms with van der Waals surface area (Å²) in [7, 11) is 0. The number of nitrogens with two attached hydrogens (primary N) is 1. The van der Waals surface area contributed by atoms with Crippen LogP contribution >= 0.6 is 0 Å². The molecule has 88 valence electrons. The first kappa shape index (κ1) is 11.7. The average Bonchev–Trinajstić information content (AvgIpc) is 2.63. The zero-order chi connectivity index (χ0) is 11.7. The number of rotatable bonds is 2. The topological polar surface area (TPSA) is 26.0 Å². The summed E-state index contributed by atoms with van der Waals surface area (Å²) in [4.78, 5) is 0. The SMILES string of the molecule is Cc1ccc(C(N)C2CCCC2C)c(C)c1. The zero-order valence-electron chi connectivity index (χ0n) is 10.7. The first-order valence-corrected chi connectivity index (χ1v) is 6.42. The molecule has 0 bridgehead atoms. The summed E-state index contributed by atoms with van der Waals surface area (Å²) in [6.45, 7) is 6.67. The van der Waals surface area contributed by atoms with E-state index in [1.807, 2.05) is 0 Å². The van der Waals surface area contributed by atoms with Crippen molar-refractivity contribution in [2.75, 3.05) is 0 Å². The molecule has 0 heterocycles. The molecule has 1 aliphatic rings. The van der Waals surface area contributed by atoms with Crippen LogP contribution in [0.2, 0.25) is 0 Å². The van der Waals surface area contributed by atoms with Crippen LogP contribution in [0.15, 0.2) is 18.2 Å². The fourth-order valence-corrected chi connectivity index (χ4v) is 3.14. The van der Waals surface area contributed by atoms with Crippen LogP contribution in [-0.4, -0.2) is 0 Å². The van der Waals surface area contributed by atoms with Crippen molar-refractivity contribution in [3.05, 3.63) is 34.9 Å². The molecule has 1 aliphatic carbocycles. The molecule has 2 rings (SSSR count). The van der Waals surface area contributed by atoms with E-state index in [4.69, 9.17) is 5.73 Å². The molecule has 16 heavy (non-hydrogen) atoms. The molecule has 0 saturated heterocycles. The second-order valence-electron chi connectivity index (χ2n) is 5.46. The zero-order valence-corrected chi connectivity index (χ0v) is 10.7. The molecule has 1 heteroatoms. The van der Waals surface area contributed by atoms with Gasteiger partial charge in [0.2, 0.25) is 0 Å². The van der Waals surface area contributed by atoms with Crippen molar-refractivity contribution in [2.45, 2.75) is 46.1 Å². The van der Waals surface area contributed by atoms with Crippen LogP contribution in [0.25, 0.3) is 0 Å². The molecular formula is C15H23N. The Kier molecular flexibility index (Phi) is 3.34. The molecule has 1 fully saturated rings. The van der Waals surface area contributed by atoms with E-state index in [0.29, 0.717) is 5.92 Å². The summed E-state index contributed by atoms with van der Waals surface area (Å²) in [5.74, 6) is 1.47. The van der Waals surface area contributed by atoms with E-state index in [1.165, 1.54) is 36.0 Å². The quantitative estimate of drug-likeness (QED) is 0.802. The summed E-state index contributed by atoms with van der Waals surface area (Å²) in [5.41, 5.74) is 10.5. The second-order valence-corrected chi connectivity index (χ2v) is 5.46. The minimum absolute atomic E-state index is 0.234. The van der Waals surface area contributed by atoms with Crippen molar-refractivity contribution >= 4 is 0 Å². The molecule has 0 amide bonds. The van der Waals surface area contributed by atoms with Gasteiger partial charge in [-0.3, -0.25) is 0 Å². The Balaban J connectivity index is 2.23. The van der Waals surface area contributed by atoms with Crippen LogP contribution in [0.5, 0.6) is 0 Å². The van der Waals surface area contributed by atoms with E-state index in [1.54, 1.807) is 0 Å². The van der Waals surface area contributed by atoms with Crippen LogP contribution < -0.4 is 5.73 Å². The van der Waals surface area contributed by atoms with Gasteiger partial charge in [0.1, 0.15) is 0 Å². The van der Waals surface area contributed by atoms with Crippen molar-refractivity contribution in [1.82, 2.24) is 0 Å². The highest BCUT2D eigenvalue weighted by Gasteiger charge is 2.30. The molecule has 0 spiro atoms. The summed E-state index contributed by atoms with van der Waals surface area (Å²) in [6.07, 6.45) is 4.00. The number of benzene rings is 1. The second kappa shape index (κ2) is 4.58. The molecule has 0 radical (unpaired) electrons. The Morgan fingerprint density at radius 3 is 2.56 bits per heavy atom. The predicted molar refractivity (Wildman–Crippen MR) is 69.3 cm³/mol. The number of aryl methyl sites for hydroxylation is 2. The van der Waals surface area contributed by atoms with E-state index < -0.39 is 0 Å². The van der Waals surface area contributed by atoms with E-state index in [2.05, 4.69) is 39.0 Å². The highest BCUT2D eigenvalue weighted by molar-refractivity contribution is 5.33. The molecule has 0 aromatic heterocycles. The Labute approximate surface area is 99.0 Å². The molecular weight excluding hydrogens is 194 g/mol. The normalized spacial score (nSPS) is 27.0. The maximum absolute atomic E-state index is 6.44. The first-order chi connectivity index (χ1) is 7.59. The summed E-state index contributed by atoms with van der Waals surface area (Å²) in [5, 5.41) is 0. The molecule has 3 atom stereocenters. The lowest BCUT2D eigenvalue weighted by Crippen LogP contribution is -2.24. The Morgan fingerprint density at radius 2 is 2.00 bits per heavy atom. The van der Waals surface area contributed by atoms with Gasteiger partial charge >= 0.3 is 0 Å². The minimum Gasteiger partial charge on any atom is -0.324 e. The fraction of sp³-hybridized carbons (Fsp3) is 0.600. The van der Waals surface area contributed by atoms with Crippen LogP contribution in [0, 0.1) is 25.7 Å². The van der Waals surface area contributed by atoms with Crippen molar-refractivity contribution in [2.24, 2.45) is 17.6 Å². The van der Waals surface area contributed by atoms with E-state index >= 15 is 0 Å². The molecule has 2 N–H and O–H groups in total. The highest BCUT2D eigenvalue weighted by Crippen LogP contribution is 2.39. The van der Waals surface area contributed by atoms with Crippen molar-refractivity contribution in [3.63, 3.8) is 0 Å². The van der Waals surface area contributed by atoms with Gasteiger partial charge in [-0.1, -0.05) is 43.5 Å². The number of hydrogen-bond donors (Lipinski definition) is 1. The highest BCUT2D eigenvalue weighted by atomic mass is 14.7. The van der Waals surface area contributed by atoms with Crippen LogP contribution in [0.1, 0.15) is 48.9 Å². The van der Waals surface area contributed by atoms with Gasteiger partial charge in [-0.25, -0.2) is 0 Å². The van der Waals surface area contributed by atoms with E-state index in [-0.39, 0.29) is 6.04 Å². The van der Waals surface area contributed by atoms with E-state index in [0.717, 1.165) is 5.92 Å². The lowest BCUT2D eigenvalue weighted by molar-refractivity contribution is 0.350. The lowest BCUT2D eigenvalue weighted by Gasteiger charge is -2.25. The van der Waals surface area contributed by atoms with Gasteiger partial charge in [0.15, 0.2) is 0 Å². The fourth-order valence-electron chi connectivity index (χ4n) is 3.14. The monoisotopic (exact) mass is 217 g/mol. The van der Waals surface area contributed by atoms with Crippen molar-refractivity contribution in [3.8, 4) is 0 Å². The molecule has 3 unspecified atom stereocenters. The van der Waals surface area contributed by atoms with Crippen LogP contribution in [-0.2, 0) is 0 Å². The summed E-state index contributed by atoms with van der Waals surface area (Å²) >= 11 is 0. The average molecular weight is 217 g/mol.